The maximum Gasteiger partial charge on any atom is -0.0248 e. The van der Waals surface area contributed by atoms with E-state index in [1.807, 2.05) is 6.08 Å². The monoisotopic (exact) mass is 150 g/mol. The molecule has 0 bridgehead atoms. The van der Waals surface area contributed by atoms with Crippen LogP contribution in [0.5, 0.6) is 0 Å². The molecule has 0 atom stereocenters. The molecular formula is C11H18. The predicted molar refractivity (Wildman–Crippen MR) is 52.6 cm³/mol. The molecule has 0 aliphatic carbocycles. The summed E-state index contributed by atoms with van der Waals surface area (Å²) in [6.07, 6.45) is 3.99. The number of rotatable bonds is 4. The molecule has 0 aliphatic heterocycles. The molecule has 0 heteroatoms. The van der Waals surface area contributed by atoms with Gasteiger partial charge in [-0.15, -0.1) is 0 Å². The fourth-order valence-corrected chi connectivity index (χ4v) is 0.700. The zero-order chi connectivity index (χ0) is 8.85. The zero-order valence-electron chi connectivity index (χ0n) is 7.91. The van der Waals surface area contributed by atoms with Crippen LogP contribution in [0.2, 0.25) is 0 Å². The topological polar surface area (TPSA) is 0 Å². The van der Waals surface area contributed by atoms with Crippen LogP contribution in [-0.4, -0.2) is 0 Å². The second-order valence-corrected chi connectivity index (χ2v) is 3.14. The molecule has 0 heterocycles. The molecule has 11 heavy (non-hydrogen) atoms. The molecule has 0 aromatic rings. The highest BCUT2D eigenvalue weighted by Gasteiger charge is 1.93. The Balaban J connectivity index is 3.81. The van der Waals surface area contributed by atoms with Gasteiger partial charge >= 0.3 is 0 Å². The van der Waals surface area contributed by atoms with E-state index in [1.165, 1.54) is 11.1 Å². The molecule has 62 valence electrons. The highest BCUT2D eigenvalue weighted by atomic mass is 14.0. The lowest BCUT2D eigenvalue weighted by Crippen LogP contribution is -1.82. The van der Waals surface area contributed by atoms with E-state index >= 15 is 0 Å². The van der Waals surface area contributed by atoms with Crippen molar-refractivity contribution in [3.63, 3.8) is 0 Å². The summed E-state index contributed by atoms with van der Waals surface area (Å²) in [6, 6.07) is 0. The smallest absolute Gasteiger partial charge is 0.0248 e. The summed E-state index contributed by atoms with van der Waals surface area (Å²) in [5.74, 6) is 0. The zero-order valence-corrected chi connectivity index (χ0v) is 7.91. The van der Waals surface area contributed by atoms with Gasteiger partial charge in [0.25, 0.3) is 0 Å². The second kappa shape index (κ2) is 4.95. The fraction of sp³-hybridized carbons (Fsp3) is 0.455. The van der Waals surface area contributed by atoms with Crippen molar-refractivity contribution in [3.8, 4) is 0 Å². The summed E-state index contributed by atoms with van der Waals surface area (Å²) in [5, 5.41) is 0. The van der Waals surface area contributed by atoms with Crippen LogP contribution in [0.1, 0.15) is 33.6 Å². The van der Waals surface area contributed by atoms with Crippen LogP contribution in [0.4, 0.5) is 0 Å². The van der Waals surface area contributed by atoms with Gasteiger partial charge in [-0.2, -0.15) is 0 Å². The Bertz CT molecular complexity index is 178. The molecule has 0 nitrogen and oxygen atoms in total. The van der Waals surface area contributed by atoms with Gasteiger partial charge in [-0.25, -0.2) is 0 Å². The van der Waals surface area contributed by atoms with E-state index in [4.69, 9.17) is 0 Å². The minimum atomic E-state index is 1.04. The third-order valence-electron chi connectivity index (χ3n) is 1.96. The van der Waals surface area contributed by atoms with Gasteiger partial charge in [0.1, 0.15) is 0 Å². The van der Waals surface area contributed by atoms with Gasteiger partial charge in [-0.1, -0.05) is 36.0 Å². The van der Waals surface area contributed by atoms with E-state index in [-0.39, 0.29) is 0 Å². The standard InChI is InChI=1S/C11H18/c1-6-10(4)7-8-11(5)9(2)3/h6H,1,4,7-8H2,2-3,5H3. The maximum absolute atomic E-state index is 3.86. The van der Waals surface area contributed by atoms with Crippen LogP contribution in [0, 0.1) is 0 Å². The van der Waals surface area contributed by atoms with Gasteiger partial charge in [0.05, 0.1) is 0 Å². The molecule has 0 saturated heterocycles. The van der Waals surface area contributed by atoms with E-state index in [0.29, 0.717) is 0 Å². The first-order valence-electron chi connectivity index (χ1n) is 4.01. The summed E-state index contributed by atoms with van der Waals surface area (Å²) in [6.45, 7) is 14.0. The second-order valence-electron chi connectivity index (χ2n) is 3.14. The predicted octanol–water partition coefficient (Wildman–Crippen LogP) is 3.87. The van der Waals surface area contributed by atoms with Gasteiger partial charge in [-0.05, 0) is 33.6 Å². The summed E-state index contributed by atoms with van der Waals surface area (Å²) in [5.41, 5.74) is 4.01. The van der Waals surface area contributed by atoms with Crippen LogP contribution >= 0.6 is 0 Å². The molecule has 0 fully saturated rings. The largest absolute Gasteiger partial charge is 0.0988 e. The Morgan fingerprint density at radius 3 is 2.09 bits per heavy atom. The molecule has 0 N–H and O–H groups in total. The Morgan fingerprint density at radius 2 is 1.73 bits per heavy atom. The lowest BCUT2D eigenvalue weighted by Gasteiger charge is -2.02. The molecule has 0 amide bonds. The van der Waals surface area contributed by atoms with Gasteiger partial charge < -0.3 is 0 Å². The van der Waals surface area contributed by atoms with E-state index in [9.17, 15) is 0 Å². The van der Waals surface area contributed by atoms with Crippen LogP contribution in [0.25, 0.3) is 0 Å². The normalized spacial score (nSPS) is 9.00. The highest BCUT2D eigenvalue weighted by Crippen LogP contribution is 2.13. The molecule has 0 aliphatic rings. The van der Waals surface area contributed by atoms with Crippen molar-refractivity contribution in [2.45, 2.75) is 33.6 Å². The van der Waals surface area contributed by atoms with Crippen molar-refractivity contribution < 1.29 is 0 Å². The van der Waals surface area contributed by atoms with E-state index in [0.717, 1.165) is 18.4 Å². The summed E-state index contributed by atoms with van der Waals surface area (Å²) in [4.78, 5) is 0. The summed E-state index contributed by atoms with van der Waals surface area (Å²) < 4.78 is 0. The van der Waals surface area contributed by atoms with E-state index in [1.54, 1.807) is 0 Å². The molecule has 0 aromatic carbocycles. The minimum Gasteiger partial charge on any atom is -0.0988 e. The summed E-state index contributed by atoms with van der Waals surface area (Å²) in [7, 11) is 0. The van der Waals surface area contributed by atoms with Crippen LogP contribution < -0.4 is 0 Å². The van der Waals surface area contributed by atoms with Gasteiger partial charge in [0, 0.05) is 0 Å². The molecule has 0 unspecified atom stereocenters. The average molecular weight is 150 g/mol. The van der Waals surface area contributed by atoms with Crippen LogP contribution in [-0.2, 0) is 0 Å². The third kappa shape index (κ3) is 4.60. The Morgan fingerprint density at radius 1 is 1.18 bits per heavy atom. The van der Waals surface area contributed by atoms with Gasteiger partial charge in [0.15, 0.2) is 0 Å². The number of hydrogen-bond donors (Lipinski definition) is 0. The van der Waals surface area contributed by atoms with Crippen molar-refractivity contribution in [3.05, 3.63) is 36.0 Å². The first-order chi connectivity index (χ1) is 5.07. The van der Waals surface area contributed by atoms with Crippen LogP contribution in [0.3, 0.4) is 0 Å². The van der Waals surface area contributed by atoms with Crippen LogP contribution in [0.15, 0.2) is 36.0 Å². The molecule has 0 rings (SSSR count). The first-order valence-corrected chi connectivity index (χ1v) is 4.01. The number of hydrogen-bond acceptors (Lipinski definition) is 0. The lowest BCUT2D eigenvalue weighted by molar-refractivity contribution is 0.930. The average Bonchev–Trinajstić information content (AvgIpc) is 1.99. The highest BCUT2D eigenvalue weighted by molar-refractivity contribution is 5.15. The van der Waals surface area contributed by atoms with Gasteiger partial charge in [0.2, 0.25) is 0 Å². The third-order valence-corrected chi connectivity index (χ3v) is 1.96. The van der Waals surface area contributed by atoms with Crippen molar-refractivity contribution >= 4 is 0 Å². The number of allylic oxidation sites excluding steroid dienone is 4. The first kappa shape index (κ1) is 10.2. The molecule has 0 spiro atoms. The molecule has 0 radical (unpaired) electrons. The lowest BCUT2D eigenvalue weighted by atomic mass is 10.0. The molecule has 0 aromatic heterocycles. The van der Waals surface area contributed by atoms with E-state index in [2.05, 4.69) is 33.9 Å². The maximum atomic E-state index is 3.86. The Kier molecular flexibility index (Phi) is 4.60. The SMILES string of the molecule is C=CC(=C)CCC(C)=C(C)C. The Labute approximate surface area is 70.3 Å². The fourth-order valence-electron chi connectivity index (χ4n) is 0.700. The van der Waals surface area contributed by atoms with Crippen molar-refractivity contribution in [2.75, 3.05) is 0 Å². The van der Waals surface area contributed by atoms with Gasteiger partial charge in [-0.3, -0.25) is 0 Å². The van der Waals surface area contributed by atoms with Crippen molar-refractivity contribution in [2.24, 2.45) is 0 Å². The molecule has 0 saturated carbocycles. The van der Waals surface area contributed by atoms with Crippen molar-refractivity contribution in [1.82, 2.24) is 0 Å². The quantitative estimate of drug-likeness (QED) is 0.421. The Hall–Kier alpha value is -0.780. The summed E-state index contributed by atoms with van der Waals surface area (Å²) >= 11 is 0. The molecular weight excluding hydrogens is 132 g/mol. The van der Waals surface area contributed by atoms with Crippen molar-refractivity contribution in [1.29, 1.82) is 0 Å². The van der Waals surface area contributed by atoms with E-state index < -0.39 is 0 Å². The minimum absolute atomic E-state index is 1.04.